The van der Waals surface area contributed by atoms with Crippen molar-refractivity contribution in [1.82, 2.24) is 14.4 Å². The summed E-state index contributed by atoms with van der Waals surface area (Å²) >= 11 is 0. The Morgan fingerprint density at radius 1 is 1.10 bits per heavy atom. The smallest absolute Gasteiger partial charge is 0.257 e. The molecule has 1 saturated heterocycles. The number of amides is 1. The number of likely N-dealkylation sites (tertiary alicyclic amines) is 1. The highest BCUT2D eigenvalue weighted by atomic mass is 16.6. The molecule has 2 aromatic rings. The van der Waals surface area contributed by atoms with E-state index in [1.54, 1.807) is 0 Å². The molecule has 1 amide bonds. The van der Waals surface area contributed by atoms with Gasteiger partial charge in [-0.2, -0.15) is 0 Å². The standard InChI is InChI=1S/C23H27N3O4/c1-24(2)13-16-6-7-19-17-10-15(12-26(19)22(16)27)11-25(14-17)23(28)18-4-3-5-20-21(18)30-9-8-29-20/h3-7,15,17H,8-14H2,1-2H3/t15-,17+/m0/s1. The second kappa shape index (κ2) is 7.47. The summed E-state index contributed by atoms with van der Waals surface area (Å²) in [5, 5.41) is 0. The molecule has 0 saturated carbocycles. The van der Waals surface area contributed by atoms with E-state index in [9.17, 15) is 9.59 Å². The molecule has 2 atom stereocenters. The molecule has 1 aromatic heterocycles. The Balaban J connectivity index is 1.43. The lowest BCUT2D eigenvalue weighted by molar-refractivity contribution is 0.0585. The van der Waals surface area contributed by atoms with Crippen LogP contribution in [0.2, 0.25) is 0 Å². The van der Waals surface area contributed by atoms with E-state index >= 15 is 0 Å². The van der Waals surface area contributed by atoms with Gasteiger partial charge >= 0.3 is 0 Å². The summed E-state index contributed by atoms with van der Waals surface area (Å²) in [5.74, 6) is 1.62. The molecule has 158 valence electrons. The molecule has 1 aromatic carbocycles. The number of fused-ring (bicyclic) bond motifs is 5. The van der Waals surface area contributed by atoms with Crippen LogP contribution in [0.15, 0.2) is 35.1 Å². The Bertz CT molecular complexity index is 1050. The predicted molar refractivity (Wildman–Crippen MR) is 112 cm³/mol. The van der Waals surface area contributed by atoms with Gasteiger partial charge in [-0.15, -0.1) is 0 Å². The first-order valence-electron chi connectivity index (χ1n) is 10.6. The zero-order chi connectivity index (χ0) is 20.8. The van der Waals surface area contributed by atoms with Crippen LogP contribution in [-0.4, -0.2) is 60.7 Å². The zero-order valence-corrected chi connectivity index (χ0v) is 17.5. The van der Waals surface area contributed by atoms with Crippen LogP contribution in [0.3, 0.4) is 0 Å². The first-order valence-corrected chi connectivity index (χ1v) is 10.6. The highest BCUT2D eigenvalue weighted by molar-refractivity contribution is 5.98. The Hall–Kier alpha value is -2.80. The minimum atomic E-state index is -0.0212. The second-order valence-electron chi connectivity index (χ2n) is 8.78. The van der Waals surface area contributed by atoms with Gasteiger partial charge in [-0.3, -0.25) is 9.59 Å². The van der Waals surface area contributed by atoms with Crippen molar-refractivity contribution in [1.29, 1.82) is 0 Å². The van der Waals surface area contributed by atoms with Crippen LogP contribution in [0.4, 0.5) is 0 Å². The molecule has 4 heterocycles. The Morgan fingerprint density at radius 3 is 2.77 bits per heavy atom. The van der Waals surface area contributed by atoms with Crippen LogP contribution < -0.4 is 15.0 Å². The summed E-state index contributed by atoms with van der Waals surface area (Å²) in [7, 11) is 3.94. The van der Waals surface area contributed by atoms with E-state index in [1.807, 2.05) is 52.7 Å². The fourth-order valence-electron chi connectivity index (χ4n) is 5.03. The fraction of sp³-hybridized carbons (Fsp3) is 0.478. The molecule has 0 unspecified atom stereocenters. The molecule has 0 radical (unpaired) electrons. The van der Waals surface area contributed by atoms with Crippen molar-refractivity contribution in [3.63, 3.8) is 0 Å². The van der Waals surface area contributed by atoms with Gasteiger partial charge in [-0.05, 0) is 44.6 Å². The quantitative estimate of drug-likeness (QED) is 0.775. The second-order valence-corrected chi connectivity index (χ2v) is 8.78. The minimum Gasteiger partial charge on any atom is -0.486 e. The van der Waals surface area contributed by atoms with E-state index < -0.39 is 0 Å². The lowest BCUT2D eigenvalue weighted by Gasteiger charge is -2.43. The van der Waals surface area contributed by atoms with E-state index in [0.29, 0.717) is 56.5 Å². The highest BCUT2D eigenvalue weighted by Crippen LogP contribution is 2.38. The molecule has 7 nitrogen and oxygen atoms in total. The number of carbonyl (C=O) groups is 1. The molecule has 7 heteroatoms. The molecule has 30 heavy (non-hydrogen) atoms. The van der Waals surface area contributed by atoms with Gasteiger partial charge in [0.05, 0.1) is 5.56 Å². The monoisotopic (exact) mass is 409 g/mol. The van der Waals surface area contributed by atoms with Crippen LogP contribution in [-0.2, 0) is 13.1 Å². The van der Waals surface area contributed by atoms with Crippen molar-refractivity contribution in [3.8, 4) is 11.5 Å². The van der Waals surface area contributed by atoms with Gasteiger partial charge in [-0.1, -0.05) is 12.1 Å². The number of nitrogens with zero attached hydrogens (tertiary/aromatic N) is 3. The normalized spacial score (nSPS) is 22.0. The maximum atomic E-state index is 13.4. The number of piperidine rings is 1. The zero-order valence-electron chi connectivity index (χ0n) is 17.5. The molecule has 3 aliphatic heterocycles. The first-order chi connectivity index (χ1) is 14.5. The number of aromatic nitrogens is 1. The van der Waals surface area contributed by atoms with Crippen LogP contribution in [0.1, 0.15) is 34.0 Å². The van der Waals surface area contributed by atoms with Crippen LogP contribution in [0.25, 0.3) is 0 Å². The molecule has 3 aliphatic rings. The van der Waals surface area contributed by atoms with E-state index in [0.717, 1.165) is 17.7 Å². The number of pyridine rings is 1. The topological polar surface area (TPSA) is 64.0 Å². The number of hydrogen-bond acceptors (Lipinski definition) is 5. The van der Waals surface area contributed by atoms with Crippen molar-refractivity contribution in [3.05, 3.63) is 57.5 Å². The maximum Gasteiger partial charge on any atom is 0.257 e. The van der Waals surface area contributed by atoms with Gasteiger partial charge in [-0.25, -0.2) is 0 Å². The van der Waals surface area contributed by atoms with Crippen LogP contribution >= 0.6 is 0 Å². The first kappa shape index (κ1) is 19.2. The molecule has 1 fully saturated rings. The SMILES string of the molecule is CN(C)Cc1ccc2n(c1=O)C[C@H]1C[C@@H]2CN(C(=O)c2cccc3c2OCCO3)C1. The summed E-state index contributed by atoms with van der Waals surface area (Å²) in [6.45, 7) is 3.53. The third-order valence-corrected chi connectivity index (χ3v) is 6.25. The number of para-hydroxylation sites is 1. The number of rotatable bonds is 3. The van der Waals surface area contributed by atoms with Crippen molar-refractivity contribution in [2.75, 3.05) is 40.4 Å². The van der Waals surface area contributed by atoms with Gasteiger partial charge in [0.2, 0.25) is 0 Å². The van der Waals surface area contributed by atoms with Gasteiger partial charge in [0.25, 0.3) is 11.5 Å². The molecular weight excluding hydrogens is 382 g/mol. The minimum absolute atomic E-state index is 0.0212. The largest absolute Gasteiger partial charge is 0.486 e. The lowest BCUT2D eigenvalue weighted by atomic mass is 9.82. The van der Waals surface area contributed by atoms with Crippen LogP contribution in [0.5, 0.6) is 11.5 Å². The summed E-state index contributed by atoms with van der Waals surface area (Å²) in [6, 6.07) is 9.52. The molecule has 0 aliphatic carbocycles. The molecule has 0 N–H and O–H groups in total. The van der Waals surface area contributed by atoms with E-state index in [2.05, 4.69) is 6.07 Å². The Morgan fingerprint density at radius 2 is 1.93 bits per heavy atom. The average molecular weight is 409 g/mol. The maximum absolute atomic E-state index is 13.4. The van der Waals surface area contributed by atoms with Gasteiger partial charge < -0.3 is 23.8 Å². The van der Waals surface area contributed by atoms with E-state index in [1.165, 1.54) is 0 Å². The number of benzene rings is 1. The van der Waals surface area contributed by atoms with Gasteiger partial charge in [0, 0.05) is 43.4 Å². The number of hydrogen-bond donors (Lipinski definition) is 0. The van der Waals surface area contributed by atoms with Gasteiger partial charge in [0.1, 0.15) is 13.2 Å². The van der Waals surface area contributed by atoms with Crippen molar-refractivity contribution < 1.29 is 14.3 Å². The third kappa shape index (κ3) is 3.27. The fourth-order valence-corrected chi connectivity index (χ4v) is 5.03. The summed E-state index contributed by atoms with van der Waals surface area (Å²) in [6.07, 6.45) is 1.02. The van der Waals surface area contributed by atoms with E-state index in [-0.39, 0.29) is 23.3 Å². The van der Waals surface area contributed by atoms with Crippen molar-refractivity contribution in [2.24, 2.45) is 5.92 Å². The summed E-state index contributed by atoms with van der Waals surface area (Å²) in [4.78, 5) is 30.3. The summed E-state index contributed by atoms with van der Waals surface area (Å²) in [5.41, 5.74) is 2.54. The van der Waals surface area contributed by atoms with E-state index in [4.69, 9.17) is 9.47 Å². The average Bonchev–Trinajstić information content (AvgIpc) is 2.75. The highest BCUT2D eigenvalue weighted by Gasteiger charge is 2.37. The summed E-state index contributed by atoms with van der Waals surface area (Å²) < 4.78 is 13.3. The number of ether oxygens (including phenoxy) is 2. The molecule has 2 bridgehead atoms. The van der Waals surface area contributed by atoms with Crippen molar-refractivity contribution >= 4 is 5.91 Å². The van der Waals surface area contributed by atoms with Crippen LogP contribution in [0, 0.1) is 5.92 Å². The third-order valence-electron chi connectivity index (χ3n) is 6.25. The Kier molecular flexibility index (Phi) is 4.77. The molecule has 0 spiro atoms. The van der Waals surface area contributed by atoms with Crippen molar-refractivity contribution in [2.45, 2.75) is 25.4 Å². The Labute approximate surface area is 175 Å². The molecular formula is C23H27N3O4. The number of carbonyl (C=O) groups excluding carboxylic acids is 1. The van der Waals surface area contributed by atoms with Gasteiger partial charge in [0.15, 0.2) is 11.5 Å². The predicted octanol–water partition coefficient (Wildman–Crippen LogP) is 1.94. The lowest BCUT2D eigenvalue weighted by Crippen LogP contribution is -2.49. The molecule has 5 rings (SSSR count).